The average Bonchev–Trinajstić information content (AvgIpc) is 2.25. The van der Waals surface area contributed by atoms with Crippen LogP contribution in [0.2, 0.25) is 0 Å². The quantitative estimate of drug-likeness (QED) is 0.840. The highest BCUT2D eigenvalue weighted by molar-refractivity contribution is 9.10. The van der Waals surface area contributed by atoms with Gasteiger partial charge in [0.2, 0.25) is 0 Å². The molecule has 0 unspecified atom stereocenters. The van der Waals surface area contributed by atoms with Gasteiger partial charge in [-0.1, -0.05) is 28.1 Å². The maximum absolute atomic E-state index is 5.81. The highest BCUT2D eigenvalue weighted by Crippen LogP contribution is 2.18. The first-order valence-electron chi connectivity index (χ1n) is 5.49. The first-order chi connectivity index (χ1) is 8.13. The van der Waals surface area contributed by atoms with Crippen molar-refractivity contribution in [3.63, 3.8) is 0 Å². The molecule has 3 heteroatoms. The van der Waals surface area contributed by atoms with Gasteiger partial charge in [-0.25, -0.2) is 0 Å². The lowest BCUT2D eigenvalue weighted by molar-refractivity contribution is 1.14. The molecule has 0 bridgehead atoms. The molecule has 0 aromatic heterocycles. The van der Waals surface area contributed by atoms with Gasteiger partial charge in [-0.05, 0) is 48.4 Å². The lowest BCUT2D eigenvalue weighted by Crippen LogP contribution is -2.00. The number of aryl methyl sites for hydroxylation is 1. The van der Waals surface area contributed by atoms with E-state index in [4.69, 9.17) is 5.73 Å². The molecule has 0 saturated carbocycles. The van der Waals surface area contributed by atoms with E-state index in [0.717, 1.165) is 22.4 Å². The second-order valence-electron chi connectivity index (χ2n) is 4.12. The summed E-state index contributed by atoms with van der Waals surface area (Å²) < 4.78 is 1.10. The van der Waals surface area contributed by atoms with Crippen molar-refractivity contribution in [2.75, 3.05) is 11.1 Å². The topological polar surface area (TPSA) is 38.0 Å². The predicted molar refractivity (Wildman–Crippen MR) is 77.1 cm³/mol. The molecule has 0 fully saturated rings. The number of nitrogen functional groups attached to an aromatic ring is 1. The summed E-state index contributed by atoms with van der Waals surface area (Å²) in [6.07, 6.45) is 0. The molecule has 0 amide bonds. The van der Waals surface area contributed by atoms with Crippen molar-refractivity contribution in [1.29, 1.82) is 0 Å². The van der Waals surface area contributed by atoms with Crippen LogP contribution in [-0.4, -0.2) is 0 Å². The van der Waals surface area contributed by atoms with E-state index in [1.165, 1.54) is 11.1 Å². The summed E-state index contributed by atoms with van der Waals surface area (Å²) in [7, 11) is 0. The molecule has 88 valence electrons. The van der Waals surface area contributed by atoms with Gasteiger partial charge < -0.3 is 11.1 Å². The lowest BCUT2D eigenvalue weighted by atomic mass is 10.2. The molecule has 2 nitrogen and oxygen atoms in total. The summed E-state index contributed by atoms with van der Waals surface area (Å²) in [5, 5.41) is 3.37. The zero-order valence-corrected chi connectivity index (χ0v) is 11.3. The number of hydrogen-bond acceptors (Lipinski definition) is 2. The van der Waals surface area contributed by atoms with E-state index >= 15 is 0 Å². The maximum atomic E-state index is 5.81. The molecule has 0 aliphatic rings. The Balaban J connectivity index is 2.07. The van der Waals surface area contributed by atoms with Crippen molar-refractivity contribution in [1.82, 2.24) is 0 Å². The van der Waals surface area contributed by atoms with Crippen LogP contribution in [0.4, 0.5) is 11.4 Å². The van der Waals surface area contributed by atoms with Crippen molar-refractivity contribution in [2.45, 2.75) is 13.5 Å². The third-order valence-electron chi connectivity index (χ3n) is 2.49. The Labute approximate surface area is 110 Å². The van der Waals surface area contributed by atoms with Gasteiger partial charge in [-0.15, -0.1) is 0 Å². The van der Waals surface area contributed by atoms with Gasteiger partial charge >= 0.3 is 0 Å². The summed E-state index contributed by atoms with van der Waals surface area (Å²) in [6.45, 7) is 2.84. The smallest absolute Gasteiger partial charge is 0.0401 e. The molecule has 0 saturated heterocycles. The van der Waals surface area contributed by atoms with E-state index in [0.29, 0.717) is 0 Å². The minimum Gasteiger partial charge on any atom is -0.399 e. The summed E-state index contributed by atoms with van der Waals surface area (Å²) >= 11 is 3.46. The van der Waals surface area contributed by atoms with E-state index in [1.54, 1.807) is 0 Å². The number of rotatable bonds is 3. The van der Waals surface area contributed by atoms with Crippen LogP contribution in [0.1, 0.15) is 11.1 Å². The number of nitrogens with two attached hydrogens (primary N) is 1. The summed E-state index contributed by atoms with van der Waals surface area (Å²) in [5.74, 6) is 0. The van der Waals surface area contributed by atoms with Gasteiger partial charge in [-0.3, -0.25) is 0 Å². The van der Waals surface area contributed by atoms with E-state index in [1.807, 2.05) is 31.2 Å². The fraction of sp³-hybridized carbons (Fsp3) is 0.143. The Morgan fingerprint density at radius 2 is 2.00 bits per heavy atom. The van der Waals surface area contributed by atoms with Gasteiger partial charge in [0.1, 0.15) is 0 Å². The molecule has 0 heterocycles. The highest BCUT2D eigenvalue weighted by atomic mass is 79.9. The van der Waals surface area contributed by atoms with Gasteiger partial charge in [-0.2, -0.15) is 0 Å². The number of halogens is 1. The minimum atomic E-state index is 0.793. The molecule has 2 rings (SSSR count). The Morgan fingerprint density at radius 1 is 1.18 bits per heavy atom. The van der Waals surface area contributed by atoms with E-state index in [2.05, 4.69) is 39.4 Å². The molecule has 3 N–H and O–H groups in total. The van der Waals surface area contributed by atoms with Crippen LogP contribution in [0, 0.1) is 6.92 Å². The molecule has 0 radical (unpaired) electrons. The normalized spacial score (nSPS) is 10.2. The minimum absolute atomic E-state index is 0.793. The predicted octanol–water partition coefficient (Wildman–Crippen LogP) is 3.95. The third kappa shape index (κ3) is 3.49. The maximum Gasteiger partial charge on any atom is 0.0401 e. The van der Waals surface area contributed by atoms with Crippen LogP contribution < -0.4 is 11.1 Å². The van der Waals surface area contributed by atoms with Gasteiger partial charge in [0.15, 0.2) is 0 Å². The van der Waals surface area contributed by atoms with Crippen molar-refractivity contribution < 1.29 is 0 Å². The molecule has 2 aromatic carbocycles. The van der Waals surface area contributed by atoms with Gasteiger partial charge in [0, 0.05) is 22.4 Å². The van der Waals surface area contributed by atoms with E-state index in [-0.39, 0.29) is 0 Å². The first kappa shape index (κ1) is 12.0. The third-order valence-corrected chi connectivity index (χ3v) is 2.98. The Hall–Kier alpha value is -1.48. The standard InChI is InChI=1S/C14H15BrN2/c1-10-5-13(16)8-14(6-10)17-9-11-3-2-4-12(15)7-11/h2-8,17H,9,16H2,1H3. The summed E-state index contributed by atoms with van der Waals surface area (Å²) in [6, 6.07) is 14.3. The Bertz CT molecular complexity index is 503. The second-order valence-corrected chi connectivity index (χ2v) is 5.03. The molecule has 17 heavy (non-hydrogen) atoms. The van der Waals surface area contributed by atoms with Gasteiger partial charge in [0.05, 0.1) is 0 Å². The molecule has 0 atom stereocenters. The fourth-order valence-corrected chi connectivity index (χ4v) is 2.21. The number of nitrogens with one attached hydrogen (secondary N) is 1. The van der Waals surface area contributed by atoms with Crippen molar-refractivity contribution in [3.8, 4) is 0 Å². The average molecular weight is 291 g/mol. The summed E-state index contributed by atoms with van der Waals surface area (Å²) in [4.78, 5) is 0. The fourth-order valence-electron chi connectivity index (χ4n) is 1.77. The Morgan fingerprint density at radius 3 is 2.71 bits per heavy atom. The Kier molecular flexibility index (Phi) is 3.69. The number of benzene rings is 2. The first-order valence-corrected chi connectivity index (χ1v) is 6.28. The zero-order chi connectivity index (χ0) is 12.3. The van der Waals surface area contributed by atoms with E-state index < -0.39 is 0 Å². The highest BCUT2D eigenvalue weighted by Gasteiger charge is 1.97. The SMILES string of the molecule is Cc1cc(N)cc(NCc2cccc(Br)c2)c1. The van der Waals surface area contributed by atoms with Crippen LogP contribution in [-0.2, 0) is 6.54 Å². The molecule has 0 aliphatic carbocycles. The molecular formula is C14H15BrN2. The largest absolute Gasteiger partial charge is 0.399 e. The molecule has 0 aliphatic heterocycles. The van der Waals surface area contributed by atoms with Crippen LogP contribution >= 0.6 is 15.9 Å². The monoisotopic (exact) mass is 290 g/mol. The van der Waals surface area contributed by atoms with Crippen LogP contribution in [0.3, 0.4) is 0 Å². The summed E-state index contributed by atoms with van der Waals surface area (Å²) in [5.41, 5.74) is 10.1. The van der Waals surface area contributed by atoms with Crippen LogP contribution in [0.5, 0.6) is 0 Å². The van der Waals surface area contributed by atoms with Crippen LogP contribution in [0.15, 0.2) is 46.9 Å². The van der Waals surface area contributed by atoms with Crippen LogP contribution in [0.25, 0.3) is 0 Å². The van der Waals surface area contributed by atoms with Crippen molar-refractivity contribution in [2.24, 2.45) is 0 Å². The zero-order valence-electron chi connectivity index (χ0n) is 9.70. The van der Waals surface area contributed by atoms with E-state index in [9.17, 15) is 0 Å². The second kappa shape index (κ2) is 5.23. The van der Waals surface area contributed by atoms with Crippen molar-refractivity contribution >= 4 is 27.3 Å². The van der Waals surface area contributed by atoms with Gasteiger partial charge in [0.25, 0.3) is 0 Å². The molecule has 0 spiro atoms. The van der Waals surface area contributed by atoms with Crippen molar-refractivity contribution in [3.05, 3.63) is 58.1 Å². The lowest BCUT2D eigenvalue weighted by Gasteiger charge is -2.09. The number of hydrogen-bond donors (Lipinski definition) is 2. The number of anilines is 2. The molecular weight excluding hydrogens is 276 g/mol. The molecule has 2 aromatic rings.